The highest BCUT2D eigenvalue weighted by Crippen LogP contribution is 2.08. The molecule has 0 spiro atoms. The Balaban J connectivity index is 2.66. The van der Waals surface area contributed by atoms with Crippen molar-refractivity contribution in [1.82, 2.24) is 4.98 Å². The van der Waals surface area contributed by atoms with Crippen molar-refractivity contribution in [3.05, 3.63) is 24.5 Å². The molecule has 1 aromatic rings. The molecule has 0 unspecified atom stereocenters. The van der Waals surface area contributed by atoms with Gasteiger partial charge in [0, 0.05) is 6.20 Å². The van der Waals surface area contributed by atoms with Gasteiger partial charge < -0.3 is 10.4 Å². The van der Waals surface area contributed by atoms with Crippen molar-refractivity contribution in [2.24, 2.45) is 0 Å². The van der Waals surface area contributed by atoms with E-state index in [4.69, 9.17) is 0 Å². The van der Waals surface area contributed by atoms with Gasteiger partial charge in [0.05, 0.1) is 11.9 Å². The average molecular weight is 180 g/mol. The molecule has 1 aromatic heterocycles. The van der Waals surface area contributed by atoms with Crippen molar-refractivity contribution in [2.45, 2.75) is 19.4 Å². The number of hydrogen-bond acceptors (Lipinski definition) is 3. The molecule has 0 saturated carbocycles. The fraction of sp³-hybridized carbons (Fsp3) is 0.333. The van der Waals surface area contributed by atoms with Gasteiger partial charge in [0.15, 0.2) is 0 Å². The van der Waals surface area contributed by atoms with Crippen LogP contribution in [-0.4, -0.2) is 21.6 Å². The highest BCUT2D eigenvalue weighted by molar-refractivity contribution is 5.96. The van der Waals surface area contributed by atoms with Crippen LogP contribution in [0, 0.1) is 0 Å². The third-order valence-corrected chi connectivity index (χ3v) is 1.48. The highest BCUT2D eigenvalue weighted by atomic mass is 16.3. The molecule has 0 radical (unpaired) electrons. The molecular weight excluding hydrogens is 168 g/mol. The molecule has 0 aliphatic heterocycles. The Labute approximate surface area is 76.6 Å². The van der Waals surface area contributed by atoms with E-state index in [9.17, 15) is 9.90 Å². The Morgan fingerprint density at radius 3 is 2.77 bits per heavy atom. The van der Waals surface area contributed by atoms with Gasteiger partial charge >= 0.3 is 0 Å². The van der Waals surface area contributed by atoms with Gasteiger partial charge in [-0.3, -0.25) is 9.78 Å². The molecule has 13 heavy (non-hydrogen) atoms. The summed E-state index contributed by atoms with van der Waals surface area (Å²) in [5.74, 6) is -0.444. The highest BCUT2D eigenvalue weighted by Gasteiger charge is 2.23. The van der Waals surface area contributed by atoms with E-state index in [1.54, 1.807) is 18.3 Å². The normalized spacial score (nSPS) is 11.0. The van der Waals surface area contributed by atoms with Gasteiger partial charge in [0.1, 0.15) is 5.60 Å². The Hall–Kier alpha value is -1.42. The van der Waals surface area contributed by atoms with Crippen LogP contribution in [0.5, 0.6) is 0 Å². The number of rotatable bonds is 2. The van der Waals surface area contributed by atoms with Gasteiger partial charge in [-0.25, -0.2) is 0 Å². The molecule has 0 bridgehead atoms. The Bertz CT molecular complexity index is 290. The number of hydrogen-bond donors (Lipinski definition) is 2. The summed E-state index contributed by atoms with van der Waals surface area (Å²) in [4.78, 5) is 15.1. The molecular formula is C9H12N2O2. The first kappa shape index (κ1) is 9.67. The van der Waals surface area contributed by atoms with E-state index >= 15 is 0 Å². The third kappa shape index (κ3) is 2.83. The molecule has 0 saturated heterocycles. The number of nitrogens with one attached hydrogen (secondary N) is 1. The Morgan fingerprint density at radius 2 is 2.31 bits per heavy atom. The molecule has 0 aliphatic rings. The maximum Gasteiger partial charge on any atom is 0.255 e. The second-order valence-electron chi connectivity index (χ2n) is 3.25. The van der Waals surface area contributed by atoms with Crippen LogP contribution in [0.4, 0.5) is 5.69 Å². The lowest BCUT2D eigenvalue weighted by atomic mass is 10.1. The SMILES string of the molecule is CC(C)(O)C(=O)Nc1cccnc1. The maximum atomic E-state index is 11.2. The minimum absolute atomic E-state index is 0.444. The number of pyridine rings is 1. The molecule has 1 heterocycles. The van der Waals surface area contributed by atoms with Crippen molar-refractivity contribution in [2.75, 3.05) is 5.32 Å². The maximum absolute atomic E-state index is 11.2. The fourth-order valence-corrected chi connectivity index (χ4v) is 0.721. The molecule has 0 aromatic carbocycles. The number of aliphatic hydroxyl groups is 1. The second kappa shape index (κ2) is 3.53. The van der Waals surface area contributed by atoms with Gasteiger partial charge in [0.25, 0.3) is 5.91 Å². The Morgan fingerprint density at radius 1 is 1.62 bits per heavy atom. The minimum atomic E-state index is -1.37. The predicted octanol–water partition coefficient (Wildman–Crippen LogP) is 0.791. The zero-order valence-corrected chi connectivity index (χ0v) is 7.61. The third-order valence-electron chi connectivity index (χ3n) is 1.48. The molecule has 2 N–H and O–H groups in total. The van der Waals surface area contributed by atoms with Gasteiger partial charge in [-0.05, 0) is 26.0 Å². The van der Waals surface area contributed by atoms with Crippen molar-refractivity contribution in [1.29, 1.82) is 0 Å². The zero-order valence-electron chi connectivity index (χ0n) is 7.61. The molecule has 1 amide bonds. The lowest BCUT2D eigenvalue weighted by molar-refractivity contribution is -0.130. The predicted molar refractivity (Wildman–Crippen MR) is 49.2 cm³/mol. The number of amides is 1. The van der Waals surface area contributed by atoms with Crippen LogP contribution in [0.25, 0.3) is 0 Å². The van der Waals surface area contributed by atoms with Crippen molar-refractivity contribution in [3.8, 4) is 0 Å². The zero-order chi connectivity index (χ0) is 9.90. The summed E-state index contributed by atoms with van der Waals surface area (Å²) in [6, 6.07) is 3.41. The van der Waals surface area contributed by atoms with Gasteiger partial charge in [-0.1, -0.05) is 0 Å². The van der Waals surface area contributed by atoms with E-state index in [2.05, 4.69) is 10.3 Å². The van der Waals surface area contributed by atoms with Gasteiger partial charge in [-0.2, -0.15) is 0 Å². The molecule has 0 fully saturated rings. The number of aromatic nitrogens is 1. The number of carbonyl (C=O) groups excluding carboxylic acids is 1. The van der Waals surface area contributed by atoms with E-state index < -0.39 is 11.5 Å². The first-order chi connectivity index (χ1) is 6.00. The number of anilines is 1. The summed E-state index contributed by atoms with van der Waals surface area (Å²) >= 11 is 0. The quantitative estimate of drug-likeness (QED) is 0.707. The summed E-state index contributed by atoms with van der Waals surface area (Å²) < 4.78 is 0. The molecule has 0 atom stereocenters. The van der Waals surface area contributed by atoms with E-state index in [1.165, 1.54) is 20.0 Å². The lowest BCUT2D eigenvalue weighted by Crippen LogP contribution is -2.36. The molecule has 70 valence electrons. The topological polar surface area (TPSA) is 62.2 Å². The van der Waals surface area contributed by atoms with E-state index in [-0.39, 0.29) is 0 Å². The van der Waals surface area contributed by atoms with Crippen LogP contribution in [0.3, 0.4) is 0 Å². The summed E-state index contributed by atoms with van der Waals surface area (Å²) in [6.45, 7) is 2.86. The van der Waals surface area contributed by atoms with Crippen molar-refractivity contribution in [3.63, 3.8) is 0 Å². The monoisotopic (exact) mass is 180 g/mol. The average Bonchev–Trinajstić information content (AvgIpc) is 2.04. The molecule has 1 rings (SSSR count). The largest absolute Gasteiger partial charge is 0.381 e. The second-order valence-corrected chi connectivity index (χ2v) is 3.25. The van der Waals surface area contributed by atoms with E-state index in [0.29, 0.717) is 5.69 Å². The Kier molecular flexibility index (Phi) is 2.63. The van der Waals surface area contributed by atoms with Crippen molar-refractivity contribution < 1.29 is 9.90 Å². The smallest absolute Gasteiger partial charge is 0.255 e. The summed E-state index contributed by atoms with van der Waals surface area (Å²) in [5, 5.41) is 11.8. The molecule has 4 nitrogen and oxygen atoms in total. The molecule has 0 aliphatic carbocycles. The lowest BCUT2D eigenvalue weighted by Gasteiger charge is -2.16. The minimum Gasteiger partial charge on any atom is -0.381 e. The first-order valence-electron chi connectivity index (χ1n) is 3.94. The van der Waals surface area contributed by atoms with Crippen LogP contribution in [0.2, 0.25) is 0 Å². The first-order valence-corrected chi connectivity index (χ1v) is 3.94. The fourth-order valence-electron chi connectivity index (χ4n) is 0.721. The van der Waals surface area contributed by atoms with Gasteiger partial charge in [-0.15, -0.1) is 0 Å². The van der Waals surface area contributed by atoms with Crippen LogP contribution in [-0.2, 0) is 4.79 Å². The summed E-state index contributed by atoms with van der Waals surface area (Å²) in [5.41, 5.74) is -0.787. The number of nitrogens with zero attached hydrogens (tertiary/aromatic N) is 1. The summed E-state index contributed by atoms with van der Waals surface area (Å²) in [6.07, 6.45) is 3.13. The van der Waals surface area contributed by atoms with Crippen LogP contribution < -0.4 is 5.32 Å². The van der Waals surface area contributed by atoms with Crippen LogP contribution in [0.1, 0.15) is 13.8 Å². The standard InChI is InChI=1S/C9H12N2O2/c1-9(2,13)8(12)11-7-4-3-5-10-6-7/h3-6,13H,1-2H3,(H,11,12). The van der Waals surface area contributed by atoms with Crippen LogP contribution in [0.15, 0.2) is 24.5 Å². The number of carbonyl (C=O) groups is 1. The van der Waals surface area contributed by atoms with Crippen molar-refractivity contribution >= 4 is 11.6 Å². The van der Waals surface area contributed by atoms with Gasteiger partial charge in [0.2, 0.25) is 0 Å². The summed E-state index contributed by atoms with van der Waals surface area (Å²) in [7, 11) is 0. The molecule has 4 heteroatoms. The van der Waals surface area contributed by atoms with E-state index in [0.717, 1.165) is 0 Å². The van der Waals surface area contributed by atoms with Crippen LogP contribution >= 0.6 is 0 Å². The van der Waals surface area contributed by atoms with E-state index in [1.807, 2.05) is 0 Å².